The van der Waals surface area contributed by atoms with E-state index in [1.54, 1.807) is 55.5 Å². The smallest absolute Gasteiger partial charge is 0.267 e. The summed E-state index contributed by atoms with van der Waals surface area (Å²) >= 11 is 1.24. The summed E-state index contributed by atoms with van der Waals surface area (Å²) in [6, 6.07) is 17.0. The van der Waals surface area contributed by atoms with Gasteiger partial charge in [-0.15, -0.1) is 11.3 Å². The third-order valence-corrected chi connectivity index (χ3v) is 6.28. The summed E-state index contributed by atoms with van der Waals surface area (Å²) in [7, 11) is 0. The molecule has 0 saturated heterocycles. The average molecular weight is 443 g/mol. The van der Waals surface area contributed by atoms with E-state index in [4.69, 9.17) is 4.42 Å². The summed E-state index contributed by atoms with van der Waals surface area (Å²) in [5, 5.41) is 3.46. The number of thiazole rings is 1. The molecule has 1 aliphatic heterocycles. The van der Waals surface area contributed by atoms with Crippen LogP contribution in [0.1, 0.15) is 41.8 Å². The molecule has 2 aromatic heterocycles. The number of carbonyl (C=O) groups excluding carboxylic acids is 3. The van der Waals surface area contributed by atoms with Crippen molar-refractivity contribution in [3.05, 3.63) is 88.1 Å². The highest BCUT2D eigenvalue weighted by Crippen LogP contribution is 2.32. The minimum absolute atomic E-state index is 0.325. The Morgan fingerprint density at radius 1 is 0.969 bits per heavy atom. The van der Waals surface area contributed by atoms with E-state index in [9.17, 15) is 14.4 Å². The van der Waals surface area contributed by atoms with Crippen LogP contribution in [0.4, 0.5) is 11.4 Å². The Morgan fingerprint density at radius 2 is 1.69 bits per heavy atom. The van der Waals surface area contributed by atoms with Gasteiger partial charge < -0.3 is 9.73 Å². The minimum Gasteiger partial charge on any atom is -0.459 e. The summed E-state index contributed by atoms with van der Waals surface area (Å²) < 4.78 is 5.60. The zero-order valence-electron chi connectivity index (χ0n) is 17.2. The second-order valence-corrected chi connectivity index (χ2v) is 8.34. The van der Waals surface area contributed by atoms with Gasteiger partial charge in [-0.25, -0.2) is 9.88 Å². The Morgan fingerprint density at radius 3 is 2.34 bits per heavy atom. The van der Waals surface area contributed by atoms with Crippen molar-refractivity contribution in [3.8, 4) is 10.8 Å². The first-order valence-electron chi connectivity index (χ1n) is 9.86. The number of aryl methyl sites for hydroxylation is 2. The van der Waals surface area contributed by atoms with Crippen LogP contribution < -0.4 is 10.2 Å². The lowest BCUT2D eigenvalue weighted by Gasteiger charge is -2.15. The molecule has 0 bridgehead atoms. The Labute approximate surface area is 187 Å². The molecule has 0 fully saturated rings. The molecule has 2 aromatic carbocycles. The molecule has 4 aromatic rings. The van der Waals surface area contributed by atoms with Crippen LogP contribution in [0.3, 0.4) is 0 Å². The van der Waals surface area contributed by atoms with E-state index < -0.39 is 0 Å². The van der Waals surface area contributed by atoms with Gasteiger partial charge in [-0.05, 0) is 56.3 Å². The quantitative estimate of drug-likeness (QED) is 0.445. The van der Waals surface area contributed by atoms with Crippen LogP contribution in [-0.4, -0.2) is 22.7 Å². The molecule has 158 valence electrons. The molecule has 0 aliphatic carbocycles. The van der Waals surface area contributed by atoms with E-state index in [0.29, 0.717) is 43.8 Å². The minimum atomic E-state index is -0.384. The van der Waals surface area contributed by atoms with Crippen LogP contribution in [0.25, 0.3) is 10.8 Å². The molecule has 0 spiro atoms. The Bertz CT molecular complexity index is 1370. The van der Waals surface area contributed by atoms with Crippen LogP contribution in [0, 0.1) is 13.8 Å². The van der Waals surface area contributed by atoms with Crippen LogP contribution in [0.5, 0.6) is 0 Å². The summed E-state index contributed by atoms with van der Waals surface area (Å²) in [5.41, 5.74) is 2.18. The van der Waals surface area contributed by atoms with Crippen LogP contribution in [0.2, 0.25) is 0 Å². The standard InChI is InChI=1S/C24H17N3O4S/c1-13-10-11-19(31-13)22-25-14(2)20(32-22)21(28)26-15-6-5-7-16(12-15)27-23(29)17-8-3-4-9-18(17)24(27)30/h3-12H,1-2H3,(H,26,28). The van der Waals surface area contributed by atoms with Gasteiger partial charge in [0.1, 0.15) is 10.6 Å². The molecule has 0 atom stereocenters. The van der Waals surface area contributed by atoms with Crippen molar-refractivity contribution < 1.29 is 18.8 Å². The third kappa shape index (κ3) is 3.30. The normalized spacial score (nSPS) is 12.9. The maximum absolute atomic E-state index is 12.9. The molecule has 3 heterocycles. The van der Waals surface area contributed by atoms with Gasteiger partial charge in [0.25, 0.3) is 17.7 Å². The summed E-state index contributed by atoms with van der Waals surface area (Å²) in [6.45, 7) is 3.61. The number of nitrogens with one attached hydrogen (secondary N) is 1. The molecule has 32 heavy (non-hydrogen) atoms. The molecule has 7 nitrogen and oxygen atoms in total. The first kappa shape index (κ1) is 19.9. The number of aromatic nitrogens is 1. The largest absolute Gasteiger partial charge is 0.459 e. The first-order chi connectivity index (χ1) is 15.4. The molecule has 0 unspecified atom stereocenters. The Kier molecular flexibility index (Phi) is 4.71. The van der Waals surface area contributed by atoms with Gasteiger partial charge in [-0.1, -0.05) is 18.2 Å². The number of carbonyl (C=O) groups is 3. The zero-order chi connectivity index (χ0) is 22.4. The third-order valence-electron chi connectivity index (χ3n) is 5.11. The topological polar surface area (TPSA) is 92.5 Å². The van der Waals surface area contributed by atoms with Crippen molar-refractivity contribution in [1.82, 2.24) is 4.98 Å². The Balaban J connectivity index is 1.39. The van der Waals surface area contributed by atoms with Crippen LogP contribution >= 0.6 is 11.3 Å². The highest BCUT2D eigenvalue weighted by molar-refractivity contribution is 7.17. The van der Waals surface area contributed by atoms with Gasteiger partial charge in [0, 0.05) is 5.69 Å². The number of fused-ring (bicyclic) bond motifs is 1. The summed E-state index contributed by atoms with van der Waals surface area (Å²) in [5.74, 6) is 0.289. The molecule has 5 rings (SSSR count). The lowest BCUT2D eigenvalue weighted by molar-refractivity contribution is 0.0925. The summed E-state index contributed by atoms with van der Waals surface area (Å²) in [6.07, 6.45) is 0. The van der Waals surface area contributed by atoms with Crippen molar-refractivity contribution in [3.63, 3.8) is 0 Å². The van der Waals surface area contributed by atoms with Crippen molar-refractivity contribution in [2.45, 2.75) is 13.8 Å². The van der Waals surface area contributed by atoms with E-state index in [2.05, 4.69) is 10.3 Å². The van der Waals surface area contributed by atoms with Crippen molar-refractivity contribution in [1.29, 1.82) is 0 Å². The fourth-order valence-electron chi connectivity index (χ4n) is 3.60. The second-order valence-electron chi connectivity index (χ2n) is 7.34. The van der Waals surface area contributed by atoms with Gasteiger partial charge >= 0.3 is 0 Å². The molecule has 1 N–H and O–H groups in total. The maximum atomic E-state index is 12.9. The van der Waals surface area contributed by atoms with E-state index in [-0.39, 0.29) is 17.7 Å². The van der Waals surface area contributed by atoms with E-state index >= 15 is 0 Å². The lowest BCUT2D eigenvalue weighted by Crippen LogP contribution is -2.29. The van der Waals surface area contributed by atoms with Crippen molar-refractivity contribution >= 4 is 40.4 Å². The monoisotopic (exact) mass is 443 g/mol. The number of benzene rings is 2. The van der Waals surface area contributed by atoms with Gasteiger partial charge in [-0.3, -0.25) is 14.4 Å². The molecule has 3 amide bonds. The molecule has 1 aliphatic rings. The average Bonchev–Trinajstić information content (AvgIpc) is 3.45. The fraction of sp³-hybridized carbons (Fsp3) is 0.0833. The molecule has 0 saturated carbocycles. The van der Waals surface area contributed by atoms with Crippen LogP contribution in [-0.2, 0) is 0 Å². The van der Waals surface area contributed by atoms with Gasteiger partial charge in [0.15, 0.2) is 10.8 Å². The number of amides is 3. The first-order valence-corrected chi connectivity index (χ1v) is 10.7. The number of rotatable bonds is 4. The SMILES string of the molecule is Cc1ccc(-c2nc(C)c(C(=O)Nc3cccc(N4C(=O)c5ccccc5C4=O)c3)s2)o1. The maximum Gasteiger partial charge on any atom is 0.267 e. The van der Waals surface area contributed by atoms with Gasteiger partial charge in [-0.2, -0.15) is 0 Å². The highest BCUT2D eigenvalue weighted by atomic mass is 32.1. The van der Waals surface area contributed by atoms with Crippen LogP contribution in [0.15, 0.2) is 65.1 Å². The fourth-order valence-corrected chi connectivity index (χ4v) is 4.52. The number of nitrogens with zero attached hydrogens (tertiary/aromatic N) is 2. The highest BCUT2D eigenvalue weighted by Gasteiger charge is 2.36. The molecule has 0 radical (unpaired) electrons. The predicted molar refractivity (Wildman–Crippen MR) is 121 cm³/mol. The number of furan rings is 1. The predicted octanol–water partition coefficient (Wildman–Crippen LogP) is 5.07. The van der Waals surface area contributed by atoms with Gasteiger partial charge in [0.2, 0.25) is 0 Å². The van der Waals surface area contributed by atoms with Crippen molar-refractivity contribution in [2.75, 3.05) is 10.2 Å². The molecular formula is C24H17N3O4S. The zero-order valence-corrected chi connectivity index (χ0v) is 18.0. The van der Waals surface area contributed by atoms with E-state index in [1.807, 2.05) is 19.1 Å². The number of imide groups is 1. The number of hydrogen-bond donors (Lipinski definition) is 1. The number of anilines is 2. The van der Waals surface area contributed by atoms with Gasteiger partial charge in [0.05, 0.1) is 22.5 Å². The lowest BCUT2D eigenvalue weighted by atomic mass is 10.1. The second kappa shape index (κ2) is 7.58. The van der Waals surface area contributed by atoms with E-state index in [1.165, 1.54) is 11.3 Å². The Hall–Kier alpha value is -4.04. The molecule has 8 heteroatoms. The van der Waals surface area contributed by atoms with Crippen molar-refractivity contribution in [2.24, 2.45) is 0 Å². The van der Waals surface area contributed by atoms with E-state index in [0.717, 1.165) is 10.7 Å². The summed E-state index contributed by atoms with van der Waals surface area (Å²) in [4.78, 5) is 44.4. The number of hydrogen-bond acceptors (Lipinski definition) is 6. The molecular weight excluding hydrogens is 426 g/mol.